The maximum Gasteiger partial charge on any atom is 0.619 e. The maximum absolute atomic E-state index is 11.9. The molecule has 0 saturated carbocycles. The first-order valence-electron chi connectivity index (χ1n) is 16.6. The summed E-state index contributed by atoms with van der Waals surface area (Å²) in [6.07, 6.45) is 0.133. The third-order valence-corrected chi connectivity index (χ3v) is 8.10. The van der Waals surface area contributed by atoms with Crippen molar-refractivity contribution in [2.75, 3.05) is 15.6 Å². The number of nitrogens with zero attached hydrogens (tertiary/aromatic N) is 2. The molecule has 4 atom stereocenters. The lowest BCUT2D eigenvalue weighted by Gasteiger charge is -2.39. The van der Waals surface area contributed by atoms with Gasteiger partial charge in [0.2, 0.25) is 11.8 Å². The van der Waals surface area contributed by atoms with Crippen molar-refractivity contribution in [2.45, 2.75) is 112 Å². The number of hydrogen-bond acceptors (Lipinski definition) is 10. The summed E-state index contributed by atoms with van der Waals surface area (Å²) in [4.78, 5) is 51.3. The molecule has 0 aliphatic carbocycles. The fraction of sp³-hybridized carbons (Fsp3) is 0.529. The van der Waals surface area contributed by atoms with Crippen molar-refractivity contribution in [3.63, 3.8) is 0 Å². The van der Waals surface area contributed by atoms with E-state index in [0.29, 0.717) is 12.8 Å². The molecule has 0 bridgehead atoms. The van der Waals surface area contributed by atoms with Crippen LogP contribution in [0.5, 0.6) is 0 Å². The second-order valence-electron chi connectivity index (χ2n) is 12.6. The van der Waals surface area contributed by atoms with Gasteiger partial charge in [0.1, 0.15) is 0 Å². The van der Waals surface area contributed by atoms with Gasteiger partial charge >= 0.3 is 27.2 Å². The van der Waals surface area contributed by atoms with Crippen molar-refractivity contribution in [1.82, 2.24) is 10.6 Å². The van der Waals surface area contributed by atoms with Crippen LogP contribution in [0, 0.1) is 6.92 Å². The molecule has 14 nitrogen and oxygen atoms in total. The topological polar surface area (TPSA) is 187 Å². The van der Waals surface area contributed by atoms with Gasteiger partial charge in [0, 0.05) is 41.8 Å². The average Bonchev–Trinajstić information content (AvgIpc) is 3.02. The van der Waals surface area contributed by atoms with Crippen molar-refractivity contribution in [3.05, 3.63) is 57.6 Å². The smallest absolute Gasteiger partial charge is 0.447 e. The Bertz CT molecular complexity index is 1380. The number of ether oxygens (including phenoxy) is 2. The maximum atomic E-state index is 11.9. The first kappa shape index (κ1) is 46.9. The van der Waals surface area contributed by atoms with Crippen LogP contribution in [0.2, 0.25) is 0 Å². The lowest BCUT2D eigenvalue weighted by atomic mass is 9.90. The Labute approximate surface area is 324 Å². The lowest BCUT2D eigenvalue weighted by molar-refractivity contribution is -0.118. The van der Waals surface area contributed by atoms with Gasteiger partial charge in [0.05, 0.1) is 24.3 Å². The number of alkyl halides is 1. The Morgan fingerprint density at radius 3 is 1.56 bits per heavy atom. The zero-order valence-corrected chi connectivity index (χ0v) is 34.5. The van der Waals surface area contributed by atoms with E-state index in [2.05, 4.69) is 47.1 Å². The number of aryl methyl sites for hydroxylation is 1. The minimum Gasteiger partial charge on any atom is -0.447 e. The van der Waals surface area contributed by atoms with Crippen LogP contribution in [0.4, 0.5) is 21.0 Å². The number of amides is 4. The highest BCUT2D eigenvalue weighted by atomic mass is 79.9. The highest BCUT2D eigenvalue weighted by molar-refractivity contribution is 9.10. The fourth-order valence-corrected chi connectivity index (χ4v) is 6.27. The van der Waals surface area contributed by atoms with E-state index in [1.807, 2.05) is 90.7 Å². The molecule has 52 heavy (non-hydrogen) atoms. The molecule has 1 radical (unpaired) electrons. The largest absolute Gasteiger partial charge is 0.619 e. The van der Waals surface area contributed by atoms with Gasteiger partial charge in [-0.25, -0.2) is 9.59 Å². The Morgan fingerprint density at radius 2 is 1.21 bits per heavy atom. The molecule has 0 unspecified atom stereocenters. The summed E-state index contributed by atoms with van der Waals surface area (Å²) in [6.45, 7) is 16.4. The third-order valence-electron chi connectivity index (χ3n) is 7.61. The van der Waals surface area contributed by atoms with Crippen LogP contribution in [0.15, 0.2) is 40.9 Å². The molecule has 0 spiro atoms. The number of carbonyl (C=O) groups excluding carboxylic acids is 4. The second-order valence-corrected chi connectivity index (χ2v) is 13.5. The third kappa shape index (κ3) is 14.7. The fourth-order valence-electron chi connectivity index (χ4n) is 5.89. The van der Waals surface area contributed by atoms with Crippen molar-refractivity contribution >= 4 is 82.2 Å². The summed E-state index contributed by atoms with van der Waals surface area (Å²) in [7, 11) is -1.71. The Morgan fingerprint density at radius 1 is 0.808 bits per heavy atom. The molecular formula is C34H51B2Br2N4O10. The molecule has 2 aliphatic rings. The quantitative estimate of drug-likeness (QED) is 0.181. The van der Waals surface area contributed by atoms with E-state index >= 15 is 0 Å². The number of hydrogen-bond donors (Lipinski definition) is 5. The molecular weight excluding hydrogens is 806 g/mol. The first-order chi connectivity index (χ1) is 24.4. The van der Waals surface area contributed by atoms with Crippen LogP contribution < -0.4 is 20.4 Å². The summed E-state index contributed by atoms with van der Waals surface area (Å²) in [6, 6.07) is 11.4. The van der Waals surface area contributed by atoms with Gasteiger partial charge in [-0.1, -0.05) is 49.6 Å². The van der Waals surface area contributed by atoms with Crippen LogP contribution in [0.25, 0.3) is 0 Å². The number of halogens is 2. The van der Waals surface area contributed by atoms with E-state index in [0.717, 1.165) is 32.5 Å². The van der Waals surface area contributed by atoms with E-state index in [1.165, 1.54) is 0 Å². The van der Waals surface area contributed by atoms with Crippen LogP contribution in [-0.2, 0) is 23.6 Å². The zero-order valence-electron chi connectivity index (χ0n) is 31.3. The number of fused-ring (bicyclic) bond motifs is 2. The van der Waals surface area contributed by atoms with E-state index in [9.17, 15) is 19.2 Å². The lowest BCUT2D eigenvalue weighted by Crippen LogP contribution is -2.45. The molecule has 2 aromatic rings. The van der Waals surface area contributed by atoms with Crippen LogP contribution in [-0.4, -0.2) is 84.2 Å². The van der Waals surface area contributed by atoms with Crippen LogP contribution in [0.1, 0.15) is 97.0 Å². The van der Waals surface area contributed by atoms with E-state index in [1.54, 1.807) is 23.6 Å². The summed E-state index contributed by atoms with van der Waals surface area (Å²) < 4.78 is 14.8. The van der Waals surface area contributed by atoms with Gasteiger partial charge in [0.15, 0.2) is 0 Å². The minimum absolute atomic E-state index is 0.000667. The van der Waals surface area contributed by atoms with Crippen LogP contribution >= 0.6 is 31.9 Å². The van der Waals surface area contributed by atoms with Crippen molar-refractivity contribution in [2.24, 2.45) is 0 Å². The van der Waals surface area contributed by atoms with E-state index in [4.69, 9.17) is 24.5 Å². The molecule has 0 aromatic heterocycles. The molecule has 2 aliphatic heterocycles. The Balaban J connectivity index is 0.000000432. The van der Waals surface area contributed by atoms with Crippen molar-refractivity contribution in [3.8, 4) is 0 Å². The van der Waals surface area contributed by atoms with Gasteiger partial charge in [-0.2, -0.15) is 0 Å². The Hall–Kier alpha value is -3.15. The van der Waals surface area contributed by atoms with Gasteiger partial charge in [-0.3, -0.25) is 9.59 Å². The monoisotopic (exact) mass is 855 g/mol. The van der Waals surface area contributed by atoms with Gasteiger partial charge in [-0.05, 0) is 103 Å². The molecule has 2 heterocycles. The number of anilines is 2. The van der Waals surface area contributed by atoms with Gasteiger partial charge in [-0.15, -0.1) is 0 Å². The molecule has 18 heteroatoms. The van der Waals surface area contributed by atoms with Crippen LogP contribution in [0.3, 0.4) is 0 Å². The predicted molar refractivity (Wildman–Crippen MR) is 209 cm³/mol. The minimum atomic E-state index is -1.91. The highest BCUT2D eigenvalue weighted by Crippen LogP contribution is 2.39. The highest BCUT2D eigenvalue weighted by Gasteiger charge is 2.35. The Kier molecular flexibility index (Phi) is 20.6. The van der Waals surface area contributed by atoms with Crippen molar-refractivity contribution in [1.29, 1.82) is 0 Å². The summed E-state index contributed by atoms with van der Waals surface area (Å²) in [5, 5.41) is 28.8. The molecule has 5 N–H and O–H groups in total. The van der Waals surface area contributed by atoms with E-state index in [-0.39, 0.29) is 55.9 Å². The number of benzene rings is 2. The SMILES string of the molecule is CBr.CC(=O)N1c2ccc(Br)cc2[C@H](NC(=O)OC(C)C)C[C@@H]1C.CC(=O)N1c2ccc(C)cc2[C@H](NC(=O)OC(C)C)C[C@@H]1C.O[B]OB(O)O. The summed E-state index contributed by atoms with van der Waals surface area (Å²) in [5.41, 5.74) is 4.69. The standard InChI is InChI=1S/C17H24N2O3.C16H21BrN2O3.CH3Br.B2H3O4/c1-10(2)22-17(21)18-15-9-12(4)19(13(5)20)16-7-6-11(3)8-14(15)16;1-9(2)22-16(21)18-14-7-10(3)19(11(4)20)15-6-5-12(17)8-13(14)15;1-2;3-1-6-2(4)5/h6-8,10,12,15H,9H2,1-5H3,(H,18,21);5-6,8-10,14H,7H2,1-4H3,(H,18,21);1H3;3-5H/t12-,15+;10-,14+;;/m00../s1. The van der Waals surface area contributed by atoms with Gasteiger partial charge in [0.25, 0.3) is 0 Å². The molecule has 4 rings (SSSR count). The number of nitrogens with one attached hydrogen (secondary N) is 2. The molecule has 4 amide bonds. The normalized spacial score (nSPS) is 18.4. The van der Waals surface area contributed by atoms with Gasteiger partial charge < -0.3 is 49.6 Å². The number of rotatable bonds is 6. The van der Waals surface area contributed by atoms with E-state index < -0.39 is 19.5 Å². The number of carbonyl (C=O) groups is 4. The van der Waals surface area contributed by atoms with Crippen molar-refractivity contribution < 1.29 is 48.3 Å². The summed E-state index contributed by atoms with van der Waals surface area (Å²) >= 11 is 6.39. The number of alkyl carbamates (subject to hydrolysis) is 2. The zero-order chi connectivity index (χ0) is 39.9. The second kappa shape index (κ2) is 22.8. The predicted octanol–water partition coefficient (Wildman–Crippen LogP) is 5.60. The first-order valence-corrected chi connectivity index (χ1v) is 19.0. The molecule has 0 saturated heterocycles. The molecule has 287 valence electrons. The molecule has 0 fully saturated rings. The summed E-state index contributed by atoms with van der Waals surface area (Å²) in [5.74, 6) is 1.83. The molecule has 2 aromatic carbocycles. The average molecular weight is 857 g/mol.